The quantitative estimate of drug-likeness (QED) is 0.623. The van der Waals surface area contributed by atoms with Gasteiger partial charge in [0, 0.05) is 41.7 Å². The van der Waals surface area contributed by atoms with Crippen molar-refractivity contribution < 1.29 is 13.6 Å². The van der Waals surface area contributed by atoms with E-state index in [1.165, 1.54) is 6.21 Å². The Hall–Kier alpha value is -2.79. The summed E-state index contributed by atoms with van der Waals surface area (Å²) in [5.41, 5.74) is 3.01. The first-order valence-electron chi connectivity index (χ1n) is 8.77. The molecule has 0 radical (unpaired) electrons. The second-order valence-corrected chi connectivity index (χ2v) is 7.06. The smallest absolute Gasteiger partial charge is 0.258 e. The molecule has 0 saturated heterocycles. The summed E-state index contributed by atoms with van der Waals surface area (Å²) < 4.78 is 26.9. The molecule has 0 unspecified atom stereocenters. The van der Waals surface area contributed by atoms with Crippen molar-refractivity contribution in [2.45, 2.75) is 19.8 Å². The molecule has 1 amide bonds. The number of aliphatic imine (C=N–C) groups is 1. The zero-order chi connectivity index (χ0) is 20.3. The van der Waals surface area contributed by atoms with Gasteiger partial charge in [0.2, 0.25) is 0 Å². The molecule has 0 N–H and O–H groups in total. The Labute approximate surface area is 167 Å². The number of benzene rings is 2. The molecule has 3 rings (SSSR count). The molecule has 0 atom stereocenters. The summed E-state index contributed by atoms with van der Waals surface area (Å²) in [7, 11) is 0. The van der Waals surface area contributed by atoms with Crippen LogP contribution in [0.15, 0.2) is 65.4 Å². The number of fused-ring (bicyclic) bond motifs is 1. The molecule has 2 aromatic rings. The van der Waals surface area contributed by atoms with Gasteiger partial charge in [-0.15, -0.1) is 0 Å². The second kappa shape index (κ2) is 8.48. The molecule has 0 spiro atoms. The highest BCUT2D eigenvalue weighted by Gasteiger charge is 2.25. The fraction of sp³-hybridized carbons (Fsp3) is 0.182. The van der Waals surface area contributed by atoms with Crippen molar-refractivity contribution in [2.75, 3.05) is 6.54 Å². The van der Waals surface area contributed by atoms with E-state index in [2.05, 4.69) is 11.6 Å². The van der Waals surface area contributed by atoms with Gasteiger partial charge in [0.25, 0.3) is 5.91 Å². The van der Waals surface area contributed by atoms with Crippen molar-refractivity contribution in [1.82, 2.24) is 4.90 Å². The number of rotatable bonds is 5. The zero-order valence-electron chi connectivity index (χ0n) is 15.4. The van der Waals surface area contributed by atoms with E-state index in [0.29, 0.717) is 34.8 Å². The van der Waals surface area contributed by atoms with Crippen LogP contribution in [0.1, 0.15) is 28.4 Å². The standard InChI is InChI=1S/C22H19ClF2N2O/c1-14(9-17-11-19(24)4-6-21(17)25)12-26-13-15(2)27-8-7-16-10-18(23)3-5-20(16)22(27)28/h3-6,10-13H,1,7-9H2,2H3/b15-13+,26-12-. The molecule has 0 fully saturated rings. The zero-order valence-corrected chi connectivity index (χ0v) is 16.1. The lowest BCUT2D eigenvalue weighted by molar-refractivity contribution is 0.0792. The SMILES string of the molecule is C=C(/C=N\C=C(/C)N1CCc2cc(Cl)ccc2C1=O)Cc1cc(F)ccc1F. The average Bonchev–Trinajstić information content (AvgIpc) is 2.64. The monoisotopic (exact) mass is 400 g/mol. The van der Waals surface area contributed by atoms with Gasteiger partial charge in [0.15, 0.2) is 0 Å². The maximum Gasteiger partial charge on any atom is 0.258 e. The van der Waals surface area contributed by atoms with Gasteiger partial charge in [-0.05, 0) is 66.4 Å². The van der Waals surface area contributed by atoms with Crippen molar-refractivity contribution in [1.29, 1.82) is 0 Å². The first-order valence-corrected chi connectivity index (χ1v) is 9.15. The summed E-state index contributed by atoms with van der Waals surface area (Å²) in [5.74, 6) is -1.08. The molecule has 0 saturated carbocycles. The summed E-state index contributed by atoms with van der Waals surface area (Å²) >= 11 is 5.99. The lowest BCUT2D eigenvalue weighted by atomic mass is 9.99. The highest BCUT2D eigenvalue weighted by molar-refractivity contribution is 6.30. The molecular formula is C22H19ClF2N2O. The number of carbonyl (C=O) groups excluding carboxylic acids is 1. The molecule has 3 nitrogen and oxygen atoms in total. The molecule has 144 valence electrons. The maximum atomic E-state index is 13.7. The van der Waals surface area contributed by atoms with Crippen LogP contribution in [0, 0.1) is 11.6 Å². The van der Waals surface area contributed by atoms with Crippen LogP contribution in [0.25, 0.3) is 0 Å². The van der Waals surface area contributed by atoms with Crippen LogP contribution in [-0.4, -0.2) is 23.6 Å². The van der Waals surface area contributed by atoms with Crippen LogP contribution in [0.3, 0.4) is 0 Å². The fourth-order valence-corrected chi connectivity index (χ4v) is 3.28. The van der Waals surface area contributed by atoms with Gasteiger partial charge in [-0.3, -0.25) is 9.79 Å². The summed E-state index contributed by atoms with van der Waals surface area (Å²) in [6.07, 6.45) is 3.90. The van der Waals surface area contributed by atoms with Gasteiger partial charge in [0.05, 0.1) is 0 Å². The molecule has 1 heterocycles. The van der Waals surface area contributed by atoms with Gasteiger partial charge >= 0.3 is 0 Å². The van der Waals surface area contributed by atoms with Crippen LogP contribution >= 0.6 is 11.6 Å². The van der Waals surface area contributed by atoms with E-state index in [0.717, 1.165) is 23.8 Å². The second-order valence-electron chi connectivity index (χ2n) is 6.63. The largest absolute Gasteiger partial charge is 0.311 e. The minimum atomic E-state index is -0.498. The van der Waals surface area contributed by atoms with Crippen LogP contribution in [-0.2, 0) is 12.8 Å². The van der Waals surface area contributed by atoms with E-state index in [-0.39, 0.29) is 17.9 Å². The van der Waals surface area contributed by atoms with E-state index in [1.807, 2.05) is 6.07 Å². The Kier molecular flexibility index (Phi) is 6.05. The number of nitrogens with zero attached hydrogens (tertiary/aromatic N) is 2. The number of hydrogen-bond acceptors (Lipinski definition) is 2. The van der Waals surface area contributed by atoms with E-state index in [4.69, 9.17) is 11.6 Å². The summed E-state index contributed by atoms with van der Waals surface area (Å²) in [6, 6.07) is 8.56. The lowest BCUT2D eigenvalue weighted by Crippen LogP contribution is -2.36. The molecule has 28 heavy (non-hydrogen) atoms. The van der Waals surface area contributed by atoms with E-state index < -0.39 is 11.6 Å². The van der Waals surface area contributed by atoms with E-state index >= 15 is 0 Å². The molecule has 6 heteroatoms. The third-order valence-electron chi connectivity index (χ3n) is 4.52. The first-order chi connectivity index (χ1) is 13.3. The molecule has 1 aliphatic heterocycles. The number of halogens is 3. The summed E-state index contributed by atoms with van der Waals surface area (Å²) in [6.45, 7) is 6.16. The Morgan fingerprint density at radius 1 is 1.29 bits per heavy atom. The van der Waals surface area contributed by atoms with Gasteiger partial charge in [0.1, 0.15) is 11.6 Å². The number of allylic oxidation sites excluding steroid dienone is 2. The molecule has 0 aromatic heterocycles. The maximum absolute atomic E-state index is 13.7. The highest BCUT2D eigenvalue weighted by Crippen LogP contribution is 2.24. The van der Waals surface area contributed by atoms with Crippen molar-refractivity contribution >= 4 is 23.7 Å². The molecule has 2 aromatic carbocycles. The highest BCUT2D eigenvalue weighted by atomic mass is 35.5. The summed E-state index contributed by atoms with van der Waals surface area (Å²) in [5, 5.41) is 0.616. The lowest BCUT2D eigenvalue weighted by Gasteiger charge is -2.28. The van der Waals surface area contributed by atoms with Crippen molar-refractivity contribution in [3.63, 3.8) is 0 Å². The average molecular weight is 401 g/mol. The van der Waals surface area contributed by atoms with Crippen molar-refractivity contribution in [3.8, 4) is 0 Å². The minimum Gasteiger partial charge on any atom is -0.311 e. The Balaban J connectivity index is 1.67. The van der Waals surface area contributed by atoms with Gasteiger partial charge in [-0.25, -0.2) is 8.78 Å². The third kappa shape index (κ3) is 4.54. The molecule has 0 aliphatic carbocycles. The van der Waals surface area contributed by atoms with Crippen LogP contribution in [0.2, 0.25) is 5.02 Å². The third-order valence-corrected chi connectivity index (χ3v) is 4.75. The predicted molar refractivity (Wildman–Crippen MR) is 108 cm³/mol. The number of hydrogen-bond donors (Lipinski definition) is 0. The fourth-order valence-electron chi connectivity index (χ4n) is 3.08. The van der Waals surface area contributed by atoms with E-state index in [9.17, 15) is 13.6 Å². The van der Waals surface area contributed by atoms with Crippen LogP contribution in [0.4, 0.5) is 8.78 Å². The van der Waals surface area contributed by atoms with Gasteiger partial charge < -0.3 is 4.90 Å². The summed E-state index contributed by atoms with van der Waals surface area (Å²) in [4.78, 5) is 18.5. The van der Waals surface area contributed by atoms with Crippen LogP contribution < -0.4 is 0 Å². The Morgan fingerprint density at radius 3 is 2.86 bits per heavy atom. The molecule has 1 aliphatic rings. The Morgan fingerprint density at radius 2 is 2.07 bits per heavy atom. The van der Waals surface area contributed by atoms with Gasteiger partial charge in [-0.2, -0.15) is 0 Å². The van der Waals surface area contributed by atoms with Crippen LogP contribution in [0.5, 0.6) is 0 Å². The van der Waals surface area contributed by atoms with Gasteiger partial charge in [-0.1, -0.05) is 18.2 Å². The van der Waals surface area contributed by atoms with Crippen molar-refractivity contribution in [3.05, 3.63) is 93.8 Å². The first kappa shape index (κ1) is 20.0. The topological polar surface area (TPSA) is 32.7 Å². The van der Waals surface area contributed by atoms with Crippen molar-refractivity contribution in [2.24, 2.45) is 4.99 Å². The van der Waals surface area contributed by atoms with E-state index in [1.54, 1.807) is 30.2 Å². The molecule has 0 bridgehead atoms. The number of carbonyl (C=O) groups is 1. The predicted octanol–water partition coefficient (Wildman–Crippen LogP) is 5.35. The normalized spacial score (nSPS) is 14.5. The molecular weight excluding hydrogens is 382 g/mol. The Bertz CT molecular complexity index is 998. The minimum absolute atomic E-state index is 0.0949. The number of amides is 1.